The van der Waals surface area contributed by atoms with Crippen LogP contribution >= 0.6 is 0 Å². The Balaban J connectivity index is 2.12. The number of anilines is 1. The van der Waals surface area contributed by atoms with Gasteiger partial charge in [-0.25, -0.2) is 4.39 Å². The molecule has 2 aromatic carbocycles. The van der Waals surface area contributed by atoms with Gasteiger partial charge in [0, 0.05) is 11.6 Å². The van der Waals surface area contributed by atoms with Crippen molar-refractivity contribution < 1.29 is 18.7 Å². The van der Waals surface area contributed by atoms with Crippen molar-refractivity contribution in [2.75, 3.05) is 19.0 Å². The number of amides is 1. The number of methoxy groups -OCH3 is 1. The van der Waals surface area contributed by atoms with Gasteiger partial charge >= 0.3 is 0 Å². The molecule has 0 unspecified atom stereocenters. The second-order valence-electron chi connectivity index (χ2n) is 4.61. The van der Waals surface area contributed by atoms with E-state index in [9.17, 15) is 9.18 Å². The molecule has 2 aromatic rings. The van der Waals surface area contributed by atoms with Crippen molar-refractivity contribution >= 4 is 11.6 Å². The van der Waals surface area contributed by atoms with E-state index in [0.29, 0.717) is 23.8 Å². The zero-order valence-corrected chi connectivity index (χ0v) is 12.6. The van der Waals surface area contributed by atoms with Crippen LogP contribution in [0.4, 0.5) is 10.1 Å². The Morgan fingerprint density at radius 1 is 1.18 bits per heavy atom. The quantitative estimate of drug-likeness (QED) is 0.889. The fourth-order valence-corrected chi connectivity index (χ4v) is 2.09. The molecule has 0 aromatic heterocycles. The zero-order valence-electron chi connectivity index (χ0n) is 12.6. The van der Waals surface area contributed by atoms with Gasteiger partial charge < -0.3 is 14.8 Å². The number of ether oxygens (including phenoxy) is 2. The van der Waals surface area contributed by atoms with E-state index in [2.05, 4.69) is 5.32 Å². The molecule has 0 saturated carbocycles. The Bertz CT molecular complexity index is 658. The molecule has 0 fully saturated rings. The predicted octanol–water partition coefficient (Wildman–Crippen LogP) is 3.41. The first-order chi connectivity index (χ1) is 10.6. The molecule has 0 heterocycles. The number of rotatable bonds is 6. The first-order valence-corrected chi connectivity index (χ1v) is 6.98. The maximum atomic E-state index is 13.2. The van der Waals surface area contributed by atoms with E-state index in [1.807, 2.05) is 18.2 Å². The molecule has 0 saturated heterocycles. The van der Waals surface area contributed by atoms with Gasteiger partial charge in [0.25, 0.3) is 0 Å². The van der Waals surface area contributed by atoms with Crippen LogP contribution in [0.5, 0.6) is 11.5 Å². The molecule has 0 atom stereocenters. The van der Waals surface area contributed by atoms with Crippen molar-refractivity contribution in [3.05, 3.63) is 53.8 Å². The van der Waals surface area contributed by atoms with Gasteiger partial charge in [-0.3, -0.25) is 4.79 Å². The van der Waals surface area contributed by atoms with Crippen molar-refractivity contribution in [1.82, 2.24) is 0 Å². The summed E-state index contributed by atoms with van der Waals surface area (Å²) < 4.78 is 23.8. The minimum absolute atomic E-state index is 0.160. The van der Waals surface area contributed by atoms with Crippen LogP contribution in [0.2, 0.25) is 0 Å². The summed E-state index contributed by atoms with van der Waals surface area (Å²) in [4.78, 5) is 12.2. The summed E-state index contributed by atoms with van der Waals surface area (Å²) in [6.07, 6.45) is 0.160. The van der Waals surface area contributed by atoms with Crippen LogP contribution in [0.1, 0.15) is 12.5 Å². The molecule has 1 N–H and O–H groups in total. The largest absolute Gasteiger partial charge is 0.496 e. The third-order valence-corrected chi connectivity index (χ3v) is 3.06. The normalized spacial score (nSPS) is 10.1. The lowest BCUT2D eigenvalue weighted by atomic mass is 10.1. The molecule has 0 bridgehead atoms. The summed E-state index contributed by atoms with van der Waals surface area (Å²) >= 11 is 0. The first-order valence-electron chi connectivity index (χ1n) is 6.98. The molecular formula is C17H18FNO3. The number of halogens is 1. The van der Waals surface area contributed by atoms with Gasteiger partial charge in [-0.2, -0.15) is 0 Å². The average molecular weight is 303 g/mol. The second-order valence-corrected chi connectivity index (χ2v) is 4.61. The lowest BCUT2D eigenvalue weighted by Crippen LogP contribution is -2.15. The molecule has 0 aliphatic carbocycles. The molecule has 0 radical (unpaired) electrons. The minimum atomic E-state index is -0.411. The molecule has 0 spiro atoms. The summed E-state index contributed by atoms with van der Waals surface area (Å²) in [5.41, 5.74) is 1.23. The predicted molar refractivity (Wildman–Crippen MR) is 82.9 cm³/mol. The molecular weight excluding hydrogens is 285 g/mol. The van der Waals surface area contributed by atoms with Crippen LogP contribution in [0.25, 0.3) is 0 Å². The van der Waals surface area contributed by atoms with E-state index in [0.717, 1.165) is 5.56 Å². The van der Waals surface area contributed by atoms with E-state index < -0.39 is 5.82 Å². The molecule has 5 heteroatoms. The van der Waals surface area contributed by atoms with Gasteiger partial charge in [0.15, 0.2) is 0 Å². The highest BCUT2D eigenvalue weighted by Gasteiger charge is 2.12. The molecule has 0 aliphatic heterocycles. The van der Waals surface area contributed by atoms with E-state index in [4.69, 9.17) is 9.47 Å². The average Bonchev–Trinajstić information content (AvgIpc) is 2.51. The standard InChI is InChI=1S/C17H18FNO3/c1-3-22-16-11-13(18)8-9-14(16)19-17(20)10-12-6-4-5-7-15(12)21-2/h4-9,11H,3,10H2,1-2H3,(H,19,20). The van der Waals surface area contributed by atoms with Gasteiger partial charge in [0.1, 0.15) is 17.3 Å². The van der Waals surface area contributed by atoms with Gasteiger partial charge in [-0.1, -0.05) is 18.2 Å². The Kier molecular flexibility index (Phi) is 5.36. The lowest BCUT2D eigenvalue weighted by Gasteiger charge is -2.12. The van der Waals surface area contributed by atoms with Crippen LogP contribution < -0.4 is 14.8 Å². The SMILES string of the molecule is CCOc1cc(F)ccc1NC(=O)Cc1ccccc1OC. The van der Waals surface area contributed by atoms with Crippen LogP contribution in [0, 0.1) is 5.82 Å². The highest BCUT2D eigenvalue weighted by Crippen LogP contribution is 2.26. The van der Waals surface area contributed by atoms with Crippen LogP contribution in [0.15, 0.2) is 42.5 Å². The summed E-state index contributed by atoms with van der Waals surface area (Å²) in [6.45, 7) is 2.18. The smallest absolute Gasteiger partial charge is 0.229 e. The van der Waals surface area contributed by atoms with Crippen molar-refractivity contribution in [1.29, 1.82) is 0 Å². The fourth-order valence-electron chi connectivity index (χ4n) is 2.09. The maximum Gasteiger partial charge on any atom is 0.229 e. The van der Waals surface area contributed by atoms with E-state index in [-0.39, 0.29) is 12.3 Å². The third kappa shape index (κ3) is 3.97. The maximum absolute atomic E-state index is 13.2. The number of benzene rings is 2. The highest BCUT2D eigenvalue weighted by atomic mass is 19.1. The van der Waals surface area contributed by atoms with Gasteiger partial charge in [-0.15, -0.1) is 0 Å². The first kappa shape index (κ1) is 15.8. The van der Waals surface area contributed by atoms with Gasteiger partial charge in [-0.05, 0) is 25.1 Å². The fraction of sp³-hybridized carbons (Fsp3) is 0.235. The summed E-state index contributed by atoms with van der Waals surface area (Å²) in [5.74, 6) is 0.334. The van der Waals surface area contributed by atoms with Gasteiger partial charge in [0.2, 0.25) is 5.91 Å². The highest BCUT2D eigenvalue weighted by molar-refractivity contribution is 5.94. The van der Waals surface area contributed by atoms with Crippen LogP contribution in [-0.2, 0) is 11.2 Å². The zero-order chi connectivity index (χ0) is 15.9. The Morgan fingerprint density at radius 2 is 1.95 bits per heavy atom. The van der Waals surface area contributed by atoms with Gasteiger partial charge in [0.05, 0.1) is 25.8 Å². The number of hydrogen-bond acceptors (Lipinski definition) is 3. The van der Waals surface area contributed by atoms with Crippen LogP contribution in [0.3, 0.4) is 0 Å². The molecule has 0 aliphatic rings. The third-order valence-electron chi connectivity index (χ3n) is 3.06. The van der Waals surface area contributed by atoms with Crippen molar-refractivity contribution in [2.24, 2.45) is 0 Å². The number of carbonyl (C=O) groups excluding carboxylic acids is 1. The minimum Gasteiger partial charge on any atom is -0.496 e. The summed E-state index contributed by atoms with van der Waals surface area (Å²) in [5, 5.41) is 2.74. The Morgan fingerprint density at radius 3 is 2.68 bits per heavy atom. The van der Waals surface area contributed by atoms with Crippen molar-refractivity contribution in [2.45, 2.75) is 13.3 Å². The summed E-state index contributed by atoms with van der Waals surface area (Å²) in [6, 6.07) is 11.3. The number of hydrogen-bond donors (Lipinski definition) is 1. The number of nitrogens with one attached hydrogen (secondary N) is 1. The van der Waals surface area contributed by atoms with Crippen molar-refractivity contribution in [3.63, 3.8) is 0 Å². The number of para-hydroxylation sites is 1. The Hall–Kier alpha value is -2.56. The topological polar surface area (TPSA) is 47.6 Å². The molecule has 4 nitrogen and oxygen atoms in total. The number of carbonyl (C=O) groups is 1. The molecule has 116 valence electrons. The van der Waals surface area contributed by atoms with Crippen LogP contribution in [-0.4, -0.2) is 19.6 Å². The summed E-state index contributed by atoms with van der Waals surface area (Å²) in [7, 11) is 1.56. The lowest BCUT2D eigenvalue weighted by molar-refractivity contribution is -0.115. The van der Waals surface area contributed by atoms with E-state index in [1.165, 1.54) is 18.2 Å². The molecule has 1 amide bonds. The second kappa shape index (κ2) is 7.45. The molecule has 2 rings (SSSR count). The van der Waals surface area contributed by atoms with Crippen molar-refractivity contribution in [3.8, 4) is 11.5 Å². The monoisotopic (exact) mass is 303 g/mol. The van der Waals surface area contributed by atoms with E-state index >= 15 is 0 Å². The van der Waals surface area contributed by atoms with E-state index in [1.54, 1.807) is 20.1 Å². The molecule has 22 heavy (non-hydrogen) atoms. The Labute approximate surface area is 128 Å².